The molecule has 0 aliphatic heterocycles. The lowest BCUT2D eigenvalue weighted by Crippen LogP contribution is -2.01. The Kier molecular flexibility index (Phi) is 2.96. The van der Waals surface area contributed by atoms with Crippen LogP contribution in [0.1, 0.15) is 15.9 Å². The van der Waals surface area contributed by atoms with Crippen molar-refractivity contribution in [2.45, 2.75) is 0 Å². The molecule has 0 amide bonds. The summed E-state index contributed by atoms with van der Waals surface area (Å²) in [6.07, 6.45) is 3.11. The third kappa shape index (κ3) is 2.08. The fourth-order valence-corrected chi connectivity index (χ4v) is 1.41. The van der Waals surface area contributed by atoms with E-state index in [1.807, 2.05) is 18.2 Å². The van der Waals surface area contributed by atoms with E-state index in [0.717, 1.165) is 0 Å². The number of methoxy groups -OCH3 is 1. The van der Waals surface area contributed by atoms with Crippen molar-refractivity contribution in [2.24, 2.45) is 0 Å². The molecule has 1 aromatic heterocycles. The van der Waals surface area contributed by atoms with Crippen molar-refractivity contribution in [3.63, 3.8) is 0 Å². The number of ketones is 1. The molecular formula is C13H11NO2. The van der Waals surface area contributed by atoms with Gasteiger partial charge in [0.1, 0.15) is 5.75 Å². The van der Waals surface area contributed by atoms with E-state index in [4.69, 9.17) is 4.74 Å². The summed E-state index contributed by atoms with van der Waals surface area (Å²) in [5, 5.41) is 0. The summed E-state index contributed by atoms with van der Waals surface area (Å²) < 4.78 is 5.03. The largest absolute Gasteiger partial charge is 0.495 e. The number of carbonyl (C=O) groups is 1. The van der Waals surface area contributed by atoms with Crippen LogP contribution in [0.25, 0.3) is 0 Å². The molecule has 0 N–H and O–H groups in total. The SMILES string of the molecule is COc1cncc(C(=O)c2ccccc2)c1. The highest BCUT2D eigenvalue weighted by Gasteiger charge is 2.09. The molecule has 0 aliphatic rings. The molecule has 0 atom stereocenters. The monoisotopic (exact) mass is 213 g/mol. The number of pyridine rings is 1. The smallest absolute Gasteiger partial charge is 0.194 e. The molecule has 3 nitrogen and oxygen atoms in total. The number of rotatable bonds is 3. The van der Waals surface area contributed by atoms with Crippen LogP contribution < -0.4 is 4.74 Å². The Morgan fingerprint density at radius 1 is 1.12 bits per heavy atom. The van der Waals surface area contributed by atoms with Gasteiger partial charge < -0.3 is 4.74 Å². The minimum atomic E-state index is -0.0491. The standard InChI is InChI=1S/C13H11NO2/c1-16-12-7-11(8-14-9-12)13(15)10-5-3-2-4-6-10/h2-9H,1H3. The molecule has 2 rings (SSSR count). The summed E-state index contributed by atoms with van der Waals surface area (Å²) in [7, 11) is 1.55. The number of carbonyl (C=O) groups excluding carboxylic acids is 1. The molecule has 2 aromatic rings. The second kappa shape index (κ2) is 4.57. The van der Waals surface area contributed by atoms with E-state index < -0.39 is 0 Å². The molecule has 0 unspecified atom stereocenters. The van der Waals surface area contributed by atoms with Crippen LogP contribution in [0.3, 0.4) is 0 Å². The van der Waals surface area contributed by atoms with Gasteiger partial charge in [-0.05, 0) is 6.07 Å². The maximum absolute atomic E-state index is 12.0. The van der Waals surface area contributed by atoms with Crippen LogP contribution in [-0.2, 0) is 0 Å². The zero-order valence-corrected chi connectivity index (χ0v) is 8.88. The van der Waals surface area contributed by atoms with Crippen molar-refractivity contribution in [1.29, 1.82) is 0 Å². The van der Waals surface area contributed by atoms with Crippen molar-refractivity contribution < 1.29 is 9.53 Å². The van der Waals surface area contributed by atoms with Gasteiger partial charge in [-0.25, -0.2) is 0 Å². The Morgan fingerprint density at radius 3 is 2.56 bits per heavy atom. The molecule has 0 aliphatic carbocycles. The van der Waals surface area contributed by atoms with Gasteiger partial charge in [-0.3, -0.25) is 9.78 Å². The van der Waals surface area contributed by atoms with Gasteiger partial charge in [-0.15, -0.1) is 0 Å². The number of benzene rings is 1. The predicted molar refractivity (Wildman–Crippen MR) is 60.7 cm³/mol. The summed E-state index contributed by atoms with van der Waals surface area (Å²) in [5.74, 6) is 0.536. The summed E-state index contributed by atoms with van der Waals surface area (Å²) in [6.45, 7) is 0. The summed E-state index contributed by atoms with van der Waals surface area (Å²) in [6, 6.07) is 10.8. The lowest BCUT2D eigenvalue weighted by molar-refractivity contribution is 0.103. The fraction of sp³-hybridized carbons (Fsp3) is 0.0769. The Morgan fingerprint density at radius 2 is 1.88 bits per heavy atom. The zero-order valence-electron chi connectivity index (χ0n) is 8.88. The van der Waals surface area contributed by atoms with Crippen molar-refractivity contribution >= 4 is 5.78 Å². The third-order valence-electron chi connectivity index (χ3n) is 2.25. The Balaban J connectivity index is 2.34. The number of hydrogen-bond acceptors (Lipinski definition) is 3. The Bertz CT molecular complexity index is 494. The first-order valence-corrected chi connectivity index (χ1v) is 4.90. The van der Waals surface area contributed by atoms with Crippen LogP contribution in [0.5, 0.6) is 5.75 Å². The van der Waals surface area contributed by atoms with Gasteiger partial charge in [0, 0.05) is 17.3 Å². The maximum Gasteiger partial charge on any atom is 0.194 e. The number of nitrogens with zero attached hydrogens (tertiary/aromatic N) is 1. The van der Waals surface area contributed by atoms with Crippen molar-refractivity contribution in [2.75, 3.05) is 7.11 Å². The molecule has 16 heavy (non-hydrogen) atoms. The molecule has 1 aromatic carbocycles. The summed E-state index contributed by atoms with van der Waals surface area (Å²) in [4.78, 5) is 16.0. The number of ether oxygens (including phenoxy) is 1. The highest BCUT2D eigenvalue weighted by atomic mass is 16.5. The summed E-state index contributed by atoms with van der Waals surface area (Å²) >= 11 is 0. The van der Waals surface area contributed by atoms with Crippen LogP contribution in [0.15, 0.2) is 48.8 Å². The molecule has 80 valence electrons. The molecule has 0 radical (unpaired) electrons. The van der Waals surface area contributed by atoms with E-state index in [-0.39, 0.29) is 5.78 Å². The van der Waals surface area contributed by atoms with Gasteiger partial charge in [0.25, 0.3) is 0 Å². The Labute approximate surface area is 93.7 Å². The van der Waals surface area contributed by atoms with E-state index in [1.165, 1.54) is 6.20 Å². The van der Waals surface area contributed by atoms with Crippen LogP contribution in [0.4, 0.5) is 0 Å². The lowest BCUT2D eigenvalue weighted by atomic mass is 10.1. The Hall–Kier alpha value is -2.16. The minimum absolute atomic E-state index is 0.0491. The average molecular weight is 213 g/mol. The van der Waals surface area contributed by atoms with E-state index in [9.17, 15) is 4.79 Å². The molecule has 3 heteroatoms. The van der Waals surface area contributed by atoms with Crippen molar-refractivity contribution in [3.8, 4) is 5.75 Å². The molecule has 0 fully saturated rings. The van der Waals surface area contributed by atoms with Gasteiger partial charge in [-0.1, -0.05) is 30.3 Å². The topological polar surface area (TPSA) is 39.2 Å². The van der Waals surface area contributed by atoms with Gasteiger partial charge in [0.2, 0.25) is 0 Å². The van der Waals surface area contributed by atoms with Gasteiger partial charge in [0.15, 0.2) is 5.78 Å². The molecule has 0 spiro atoms. The second-order valence-corrected chi connectivity index (χ2v) is 3.31. The lowest BCUT2D eigenvalue weighted by Gasteiger charge is -2.02. The van der Waals surface area contributed by atoms with E-state index >= 15 is 0 Å². The zero-order chi connectivity index (χ0) is 11.4. The quantitative estimate of drug-likeness (QED) is 0.734. The van der Waals surface area contributed by atoms with E-state index in [0.29, 0.717) is 16.9 Å². The van der Waals surface area contributed by atoms with Crippen LogP contribution in [0.2, 0.25) is 0 Å². The fourth-order valence-electron chi connectivity index (χ4n) is 1.41. The van der Waals surface area contributed by atoms with Crippen molar-refractivity contribution in [1.82, 2.24) is 4.98 Å². The maximum atomic E-state index is 12.0. The van der Waals surface area contributed by atoms with E-state index in [1.54, 1.807) is 31.5 Å². The van der Waals surface area contributed by atoms with Crippen LogP contribution >= 0.6 is 0 Å². The molecule has 0 bridgehead atoms. The highest BCUT2D eigenvalue weighted by Crippen LogP contribution is 2.14. The minimum Gasteiger partial charge on any atom is -0.495 e. The highest BCUT2D eigenvalue weighted by molar-refractivity contribution is 6.08. The first-order chi connectivity index (χ1) is 7.81. The van der Waals surface area contributed by atoms with Gasteiger partial charge in [-0.2, -0.15) is 0 Å². The predicted octanol–water partition coefficient (Wildman–Crippen LogP) is 2.32. The second-order valence-electron chi connectivity index (χ2n) is 3.31. The first-order valence-electron chi connectivity index (χ1n) is 4.90. The van der Waals surface area contributed by atoms with Crippen LogP contribution in [-0.4, -0.2) is 17.9 Å². The summed E-state index contributed by atoms with van der Waals surface area (Å²) in [5.41, 5.74) is 1.18. The van der Waals surface area contributed by atoms with Crippen LogP contribution in [0, 0.1) is 0 Å². The third-order valence-corrected chi connectivity index (χ3v) is 2.25. The van der Waals surface area contributed by atoms with E-state index in [2.05, 4.69) is 4.98 Å². The molecule has 0 saturated heterocycles. The molecule has 1 heterocycles. The number of aromatic nitrogens is 1. The van der Waals surface area contributed by atoms with Crippen molar-refractivity contribution in [3.05, 3.63) is 59.9 Å². The average Bonchev–Trinajstić information content (AvgIpc) is 2.39. The number of hydrogen-bond donors (Lipinski definition) is 0. The van der Waals surface area contributed by atoms with Gasteiger partial charge >= 0.3 is 0 Å². The normalized spacial score (nSPS) is 9.81. The molecular weight excluding hydrogens is 202 g/mol. The molecule has 0 saturated carbocycles. The first kappa shape index (κ1) is 10.4. The van der Waals surface area contributed by atoms with Gasteiger partial charge in [0.05, 0.1) is 13.3 Å².